The molecule has 0 radical (unpaired) electrons. The van der Waals surface area contributed by atoms with Crippen molar-refractivity contribution in [3.05, 3.63) is 71.3 Å². The maximum atomic E-state index is 11.1. The number of benzene rings is 2. The predicted octanol–water partition coefficient (Wildman–Crippen LogP) is 4.34. The van der Waals surface area contributed by atoms with Gasteiger partial charge in [0.2, 0.25) is 0 Å². The summed E-state index contributed by atoms with van der Waals surface area (Å²) in [4.78, 5) is 13.4. The highest BCUT2D eigenvalue weighted by Gasteiger charge is 2.10. The van der Waals surface area contributed by atoms with Crippen LogP contribution in [-0.2, 0) is 6.54 Å². The lowest BCUT2D eigenvalue weighted by Gasteiger charge is -2.25. The lowest BCUT2D eigenvalue weighted by molar-refractivity contribution is 0.111. The van der Waals surface area contributed by atoms with E-state index in [9.17, 15) is 4.79 Å². The van der Waals surface area contributed by atoms with Crippen molar-refractivity contribution in [2.24, 2.45) is 5.16 Å². The molecule has 0 aliphatic rings. The minimum atomic E-state index is -0.0761. The smallest absolute Gasteiger partial charge is 0.266 e. The van der Waals surface area contributed by atoms with E-state index in [0.717, 1.165) is 37.0 Å². The zero-order chi connectivity index (χ0) is 18.4. The molecule has 1 N–H and O–H groups in total. The van der Waals surface area contributed by atoms with Gasteiger partial charge < -0.3 is 14.5 Å². The molecule has 0 unspecified atom stereocenters. The molecule has 0 aliphatic heterocycles. The minimum Gasteiger partial charge on any atom is -0.435 e. The van der Waals surface area contributed by atoms with E-state index in [-0.39, 0.29) is 11.1 Å². The SMILES string of the molecule is CCCCN(Cc1ccccc1)c1ccc2cc(C=O)c(=NO)oc2c1. The summed E-state index contributed by atoms with van der Waals surface area (Å²) in [5, 5.41) is 12.9. The van der Waals surface area contributed by atoms with E-state index < -0.39 is 0 Å². The number of carbonyl (C=O) groups excluding carboxylic acids is 1. The van der Waals surface area contributed by atoms with Crippen LogP contribution in [0.2, 0.25) is 0 Å². The van der Waals surface area contributed by atoms with Crippen LogP contribution in [0.3, 0.4) is 0 Å². The molecule has 0 saturated heterocycles. The molecule has 0 saturated carbocycles. The van der Waals surface area contributed by atoms with Crippen molar-refractivity contribution in [1.29, 1.82) is 0 Å². The Kier molecular flexibility index (Phi) is 5.69. The number of unbranched alkanes of at least 4 members (excludes halogenated alkanes) is 1. The molecule has 2 aromatic carbocycles. The average Bonchev–Trinajstić information content (AvgIpc) is 2.70. The van der Waals surface area contributed by atoms with Crippen LogP contribution >= 0.6 is 0 Å². The first-order chi connectivity index (χ1) is 12.7. The van der Waals surface area contributed by atoms with Crippen molar-refractivity contribution in [3.63, 3.8) is 0 Å². The topological polar surface area (TPSA) is 66.0 Å². The summed E-state index contributed by atoms with van der Waals surface area (Å²) < 4.78 is 5.60. The third kappa shape index (κ3) is 3.94. The fraction of sp³-hybridized carbons (Fsp3) is 0.238. The highest BCUT2D eigenvalue weighted by molar-refractivity contribution is 5.86. The largest absolute Gasteiger partial charge is 0.435 e. The van der Waals surface area contributed by atoms with Gasteiger partial charge in [0, 0.05) is 30.2 Å². The van der Waals surface area contributed by atoms with Gasteiger partial charge in [-0.3, -0.25) is 4.79 Å². The number of hydrogen-bond donors (Lipinski definition) is 1. The minimum absolute atomic E-state index is 0.0761. The van der Waals surface area contributed by atoms with Gasteiger partial charge in [-0.2, -0.15) is 0 Å². The zero-order valence-electron chi connectivity index (χ0n) is 14.8. The summed E-state index contributed by atoms with van der Waals surface area (Å²) in [5.41, 5.74) is 2.99. The lowest BCUT2D eigenvalue weighted by atomic mass is 10.1. The molecule has 0 spiro atoms. The molecule has 0 atom stereocenters. The normalized spacial score (nSPS) is 11.7. The first-order valence-corrected chi connectivity index (χ1v) is 8.75. The molecule has 3 aromatic rings. The summed E-state index contributed by atoms with van der Waals surface area (Å²) in [6.45, 7) is 3.91. The number of hydrogen-bond acceptors (Lipinski definition) is 5. The van der Waals surface area contributed by atoms with Crippen molar-refractivity contribution in [2.45, 2.75) is 26.3 Å². The van der Waals surface area contributed by atoms with Gasteiger partial charge in [-0.1, -0.05) is 43.7 Å². The molecule has 1 heterocycles. The second-order valence-electron chi connectivity index (χ2n) is 6.21. The van der Waals surface area contributed by atoms with Gasteiger partial charge in [-0.25, -0.2) is 0 Å². The van der Waals surface area contributed by atoms with Crippen LogP contribution in [0.4, 0.5) is 5.69 Å². The fourth-order valence-electron chi connectivity index (χ4n) is 2.93. The standard InChI is InChI=1S/C21H22N2O3/c1-2-3-11-23(14-16-7-5-4-6-8-16)19-10-9-17-12-18(15-24)21(22-25)26-20(17)13-19/h4-10,12-13,15,25H,2-3,11,14H2,1H3. The zero-order valence-corrected chi connectivity index (χ0v) is 14.8. The number of anilines is 1. The van der Waals surface area contributed by atoms with Crippen molar-refractivity contribution in [1.82, 2.24) is 0 Å². The molecule has 26 heavy (non-hydrogen) atoms. The molecular weight excluding hydrogens is 328 g/mol. The van der Waals surface area contributed by atoms with Crippen LogP contribution in [0.5, 0.6) is 0 Å². The van der Waals surface area contributed by atoms with Gasteiger partial charge in [0.25, 0.3) is 5.55 Å². The van der Waals surface area contributed by atoms with Gasteiger partial charge in [-0.15, -0.1) is 0 Å². The number of nitrogens with zero attached hydrogens (tertiary/aromatic N) is 2. The van der Waals surface area contributed by atoms with Gasteiger partial charge >= 0.3 is 0 Å². The van der Waals surface area contributed by atoms with Crippen molar-refractivity contribution in [3.8, 4) is 0 Å². The first-order valence-electron chi connectivity index (χ1n) is 8.75. The summed E-state index contributed by atoms with van der Waals surface area (Å²) in [6.07, 6.45) is 2.82. The van der Waals surface area contributed by atoms with Crippen LogP contribution in [0.25, 0.3) is 11.0 Å². The lowest BCUT2D eigenvalue weighted by Crippen LogP contribution is -2.23. The van der Waals surface area contributed by atoms with Crippen molar-refractivity contribution >= 4 is 22.9 Å². The van der Waals surface area contributed by atoms with Gasteiger partial charge in [0.1, 0.15) is 5.58 Å². The highest BCUT2D eigenvalue weighted by atomic mass is 16.5. The molecule has 3 rings (SSSR count). The highest BCUT2D eigenvalue weighted by Crippen LogP contribution is 2.24. The average molecular weight is 350 g/mol. The number of fused-ring (bicyclic) bond motifs is 1. The second-order valence-corrected chi connectivity index (χ2v) is 6.21. The van der Waals surface area contributed by atoms with Crippen molar-refractivity contribution < 1.29 is 14.4 Å². The number of aldehydes is 1. The molecule has 0 aliphatic carbocycles. The van der Waals surface area contributed by atoms with Crippen LogP contribution in [0.15, 0.2) is 64.2 Å². The van der Waals surface area contributed by atoms with E-state index in [1.165, 1.54) is 5.56 Å². The first kappa shape index (κ1) is 17.7. The van der Waals surface area contributed by atoms with Gasteiger partial charge in [0.15, 0.2) is 6.29 Å². The quantitative estimate of drug-likeness (QED) is 0.391. The summed E-state index contributed by atoms with van der Waals surface area (Å²) in [5.74, 6) is 0. The maximum absolute atomic E-state index is 11.1. The van der Waals surface area contributed by atoms with Crippen LogP contribution in [0, 0.1) is 0 Å². The van der Waals surface area contributed by atoms with Crippen LogP contribution < -0.4 is 10.5 Å². The molecule has 0 fully saturated rings. The van der Waals surface area contributed by atoms with Gasteiger partial charge in [-0.05, 0) is 35.3 Å². The maximum Gasteiger partial charge on any atom is 0.266 e. The van der Waals surface area contributed by atoms with E-state index in [1.807, 2.05) is 36.4 Å². The van der Waals surface area contributed by atoms with Crippen molar-refractivity contribution in [2.75, 3.05) is 11.4 Å². The Bertz CT molecular complexity index is 948. The summed E-state index contributed by atoms with van der Waals surface area (Å²) in [7, 11) is 0. The molecule has 5 nitrogen and oxygen atoms in total. The molecule has 5 heteroatoms. The second kappa shape index (κ2) is 8.34. The van der Waals surface area contributed by atoms with Crippen LogP contribution in [0.1, 0.15) is 35.7 Å². The fourth-order valence-corrected chi connectivity index (χ4v) is 2.93. The Hall–Kier alpha value is -3.08. The van der Waals surface area contributed by atoms with Crippen LogP contribution in [-0.4, -0.2) is 18.0 Å². The predicted molar refractivity (Wildman–Crippen MR) is 101 cm³/mol. The van der Waals surface area contributed by atoms with E-state index >= 15 is 0 Å². The number of carbonyl (C=O) groups is 1. The summed E-state index contributed by atoms with van der Waals surface area (Å²) in [6, 6.07) is 17.9. The Morgan fingerprint density at radius 2 is 1.96 bits per heavy atom. The Labute approximate surface area is 152 Å². The Balaban J connectivity index is 2.00. The third-order valence-electron chi connectivity index (χ3n) is 4.34. The van der Waals surface area contributed by atoms with E-state index in [0.29, 0.717) is 11.9 Å². The third-order valence-corrected chi connectivity index (χ3v) is 4.34. The summed E-state index contributed by atoms with van der Waals surface area (Å²) >= 11 is 0. The Morgan fingerprint density at radius 1 is 1.15 bits per heavy atom. The molecule has 134 valence electrons. The molecule has 0 bridgehead atoms. The van der Waals surface area contributed by atoms with E-state index in [1.54, 1.807) is 6.07 Å². The van der Waals surface area contributed by atoms with E-state index in [2.05, 4.69) is 29.1 Å². The van der Waals surface area contributed by atoms with Gasteiger partial charge in [0.05, 0.1) is 5.56 Å². The number of rotatable bonds is 7. The molecular formula is C21H22N2O3. The Morgan fingerprint density at radius 3 is 2.65 bits per heavy atom. The van der Waals surface area contributed by atoms with E-state index in [4.69, 9.17) is 9.62 Å². The molecule has 0 amide bonds. The molecule has 1 aromatic heterocycles. The monoisotopic (exact) mass is 350 g/mol.